The number of hydrogen-bond donors (Lipinski definition) is 1. The van der Waals surface area contributed by atoms with Crippen LogP contribution in [0, 0.1) is 29.6 Å². The minimum absolute atomic E-state index is 0.566. The zero-order chi connectivity index (χ0) is 17.1. The minimum Gasteiger partial charge on any atom is -0.313 e. The molecule has 130 valence electrons. The Hall–Kier alpha value is -0.560. The van der Waals surface area contributed by atoms with Crippen LogP contribution in [0.15, 0.2) is 24.8 Å². The highest BCUT2D eigenvalue weighted by atomic mass is 14.9. The van der Waals surface area contributed by atoms with Gasteiger partial charge in [0.1, 0.15) is 0 Å². The Morgan fingerprint density at radius 1 is 1.05 bits per heavy atom. The average molecular weight is 308 g/mol. The van der Waals surface area contributed by atoms with E-state index in [9.17, 15) is 0 Å². The molecule has 5 unspecified atom stereocenters. The Balaban J connectivity index is 5.00. The van der Waals surface area contributed by atoms with Gasteiger partial charge in [-0.05, 0) is 49.5 Å². The largest absolute Gasteiger partial charge is 0.313 e. The zero-order valence-corrected chi connectivity index (χ0v) is 16.2. The second-order valence-electron chi connectivity index (χ2n) is 7.37. The third-order valence-electron chi connectivity index (χ3n) is 5.29. The first-order valence-electron chi connectivity index (χ1n) is 9.39. The summed E-state index contributed by atoms with van der Waals surface area (Å²) in [5.74, 6) is 3.39. The van der Waals surface area contributed by atoms with E-state index in [1.807, 2.05) is 0 Å². The van der Waals surface area contributed by atoms with Crippen molar-refractivity contribution in [3.8, 4) is 0 Å². The Bertz CT molecular complexity index is 305. The molecule has 0 rings (SSSR count). The highest BCUT2D eigenvalue weighted by Crippen LogP contribution is 2.25. The van der Waals surface area contributed by atoms with Gasteiger partial charge < -0.3 is 5.32 Å². The molecule has 0 saturated carbocycles. The molecule has 0 saturated heterocycles. The predicted octanol–water partition coefficient (Wildman–Crippen LogP) is 6.08. The summed E-state index contributed by atoms with van der Waals surface area (Å²) in [6.45, 7) is 21.2. The van der Waals surface area contributed by atoms with Crippen molar-refractivity contribution in [3.05, 3.63) is 24.8 Å². The molecule has 0 aliphatic rings. The maximum atomic E-state index is 3.96. The second-order valence-corrected chi connectivity index (χ2v) is 7.37. The van der Waals surface area contributed by atoms with Crippen LogP contribution in [-0.4, -0.2) is 12.6 Å². The van der Waals surface area contributed by atoms with Crippen molar-refractivity contribution in [2.75, 3.05) is 6.54 Å². The van der Waals surface area contributed by atoms with Gasteiger partial charge >= 0.3 is 0 Å². The SMILES string of the molecule is C=CC(C)CC(/C=C\C)C(NCC(CC)C(C)C)C(C)CC. The summed E-state index contributed by atoms with van der Waals surface area (Å²) in [5, 5.41) is 3.93. The molecular formula is C21H41N. The van der Waals surface area contributed by atoms with E-state index in [-0.39, 0.29) is 0 Å². The normalized spacial score (nSPS) is 19.1. The molecule has 0 fully saturated rings. The van der Waals surface area contributed by atoms with Crippen LogP contribution in [-0.2, 0) is 0 Å². The molecule has 1 heteroatoms. The summed E-state index contributed by atoms with van der Waals surface area (Å²) in [4.78, 5) is 0. The Morgan fingerprint density at radius 2 is 1.68 bits per heavy atom. The van der Waals surface area contributed by atoms with E-state index >= 15 is 0 Å². The van der Waals surface area contributed by atoms with Gasteiger partial charge in [-0.25, -0.2) is 0 Å². The molecule has 0 bridgehead atoms. The third-order valence-corrected chi connectivity index (χ3v) is 5.29. The van der Waals surface area contributed by atoms with E-state index in [1.54, 1.807) is 0 Å². The van der Waals surface area contributed by atoms with Crippen LogP contribution in [0.25, 0.3) is 0 Å². The monoisotopic (exact) mass is 307 g/mol. The summed E-state index contributed by atoms with van der Waals surface area (Å²) >= 11 is 0. The first kappa shape index (κ1) is 21.4. The van der Waals surface area contributed by atoms with Crippen molar-refractivity contribution in [2.45, 2.75) is 73.8 Å². The molecular weight excluding hydrogens is 266 g/mol. The van der Waals surface area contributed by atoms with Crippen LogP contribution in [0.5, 0.6) is 0 Å². The Kier molecular flexibility index (Phi) is 11.6. The molecule has 1 N–H and O–H groups in total. The van der Waals surface area contributed by atoms with E-state index < -0.39 is 0 Å². The van der Waals surface area contributed by atoms with Crippen LogP contribution >= 0.6 is 0 Å². The van der Waals surface area contributed by atoms with Crippen molar-refractivity contribution >= 4 is 0 Å². The molecule has 0 aliphatic heterocycles. The second kappa shape index (κ2) is 11.9. The lowest BCUT2D eigenvalue weighted by atomic mass is 9.81. The Morgan fingerprint density at radius 3 is 2.09 bits per heavy atom. The molecule has 0 aromatic heterocycles. The van der Waals surface area contributed by atoms with Gasteiger partial charge in [0.25, 0.3) is 0 Å². The smallest absolute Gasteiger partial charge is 0.0156 e. The van der Waals surface area contributed by atoms with Gasteiger partial charge in [-0.3, -0.25) is 0 Å². The topological polar surface area (TPSA) is 12.0 Å². The fraction of sp³-hybridized carbons (Fsp3) is 0.810. The van der Waals surface area contributed by atoms with Crippen molar-refractivity contribution in [1.82, 2.24) is 5.32 Å². The van der Waals surface area contributed by atoms with Crippen LogP contribution in [0.3, 0.4) is 0 Å². The van der Waals surface area contributed by atoms with E-state index in [4.69, 9.17) is 0 Å². The fourth-order valence-corrected chi connectivity index (χ4v) is 3.28. The van der Waals surface area contributed by atoms with Gasteiger partial charge in [0.05, 0.1) is 0 Å². The van der Waals surface area contributed by atoms with Crippen LogP contribution in [0.2, 0.25) is 0 Å². The van der Waals surface area contributed by atoms with E-state index in [1.165, 1.54) is 19.3 Å². The third kappa shape index (κ3) is 7.63. The summed E-state index contributed by atoms with van der Waals surface area (Å²) in [7, 11) is 0. The number of rotatable bonds is 12. The zero-order valence-electron chi connectivity index (χ0n) is 16.2. The first-order valence-corrected chi connectivity index (χ1v) is 9.39. The molecule has 0 radical (unpaired) electrons. The molecule has 0 aromatic rings. The van der Waals surface area contributed by atoms with Gasteiger partial charge in [0.15, 0.2) is 0 Å². The first-order chi connectivity index (χ1) is 10.4. The van der Waals surface area contributed by atoms with Crippen LogP contribution < -0.4 is 5.32 Å². The van der Waals surface area contributed by atoms with Gasteiger partial charge in [-0.1, -0.05) is 72.6 Å². The van der Waals surface area contributed by atoms with Crippen molar-refractivity contribution in [2.24, 2.45) is 29.6 Å². The van der Waals surface area contributed by atoms with Crippen molar-refractivity contribution in [3.63, 3.8) is 0 Å². The molecule has 0 aromatic carbocycles. The van der Waals surface area contributed by atoms with E-state index in [0.29, 0.717) is 23.8 Å². The fourth-order valence-electron chi connectivity index (χ4n) is 3.28. The Labute approximate surface area is 140 Å². The average Bonchev–Trinajstić information content (AvgIpc) is 2.50. The lowest BCUT2D eigenvalue weighted by Crippen LogP contribution is -2.44. The van der Waals surface area contributed by atoms with Crippen LogP contribution in [0.1, 0.15) is 67.7 Å². The van der Waals surface area contributed by atoms with E-state index in [0.717, 1.165) is 18.4 Å². The highest BCUT2D eigenvalue weighted by Gasteiger charge is 2.25. The van der Waals surface area contributed by atoms with Crippen LogP contribution in [0.4, 0.5) is 0 Å². The van der Waals surface area contributed by atoms with Crippen molar-refractivity contribution in [1.29, 1.82) is 0 Å². The maximum Gasteiger partial charge on any atom is 0.0156 e. The number of hydrogen-bond acceptors (Lipinski definition) is 1. The molecule has 22 heavy (non-hydrogen) atoms. The summed E-state index contributed by atoms with van der Waals surface area (Å²) < 4.78 is 0. The summed E-state index contributed by atoms with van der Waals surface area (Å²) in [6.07, 6.45) is 10.4. The quantitative estimate of drug-likeness (QED) is 0.431. The minimum atomic E-state index is 0.566. The standard InChI is InChI=1S/C21H41N/c1-9-13-20(14-17(7)10-2)21(18(8)11-3)22-15-19(12-4)16(5)6/h9-10,13,16-22H,2,11-12,14-15H2,1,3-8H3/b13-9-. The molecule has 0 spiro atoms. The predicted molar refractivity (Wildman–Crippen MR) is 102 cm³/mol. The van der Waals surface area contributed by atoms with E-state index in [2.05, 4.69) is 78.6 Å². The maximum absolute atomic E-state index is 3.96. The molecule has 0 aliphatic carbocycles. The summed E-state index contributed by atoms with van der Waals surface area (Å²) in [6, 6.07) is 0.566. The lowest BCUT2D eigenvalue weighted by molar-refractivity contribution is 0.245. The molecule has 1 nitrogen and oxygen atoms in total. The number of nitrogens with one attached hydrogen (secondary N) is 1. The van der Waals surface area contributed by atoms with Gasteiger partial charge in [0, 0.05) is 6.04 Å². The van der Waals surface area contributed by atoms with Crippen molar-refractivity contribution < 1.29 is 0 Å². The molecule has 5 atom stereocenters. The van der Waals surface area contributed by atoms with Gasteiger partial charge in [-0.2, -0.15) is 0 Å². The lowest BCUT2D eigenvalue weighted by Gasteiger charge is -2.34. The number of allylic oxidation sites excluding steroid dienone is 2. The molecule has 0 heterocycles. The summed E-state index contributed by atoms with van der Waals surface area (Å²) in [5.41, 5.74) is 0. The van der Waals surface area contributed by atoms with Gasteiger partial charge in [0.2, 0.25) is 0 Å². The van der Waals surface area contributed by atoms with Gasteiger partial charge in [-0.15, -0.1) is 6.58 Å². The highest BCUT2D eigenvalue weighted by molar-refractivity contribution is 4.97. The molecule has 0 amide bonds.